The lowest BCUT2D eigenvalue weighted by atomic mass is 10.1. The van der Waals surface area contributed by atoms with Crippen molar-refractivity contribution in [3.05, 3.63) is 218 Å². The topological polar surface area (TPSA) is 307 Å². The number of hydrogen-bond donors (Lipinski definition) is 6. The number of ether oxygens (including phenoxy) is 3. The van der Waals surface area contributed by atoms with Gasteiger partial charge < -0.3 is 62.1 Å². The zero-order valence-corrected chi connectivity index (χ0v) is 54.9. The van der Waals surface area contributed by atoms with E-state index in [0.717, 1.165) is 66.0 Å². The van der Waals surface area contributed by atoms with E-state index in [2.05, 4.69) is 35.7 Å². The second-order valence-electron chi connectivity index (χ2n) is 23.2. The van der Waals surface area contributed by atoms with Crippen LogP contribution in [0, 0.1) is 0 Å². The number of piperidine rings is 2. The molecule has 3 atom stereocenters. The van der Waals surface area contributed by atoms with Crippen molar-refractivity contribution in [1.82, 2.24) is 44.0 Å². The molecule has 3 aliphatic heterocycles. The second-order valence-corrected chi connectivity index (χ2v) is 23.2. The summed E-state index contributed by atoms with van der Waals surface area (Å²) in [6.45, 7) is 14.1. The lowest BCUT2D eigenvalue weighted by molar-refractivity contribution is -0.128. The average molecular weight is 1320 g/mol. The quantitative estimate of drug-likeness (QED) is 0.0364. The average Bonchev–Trinajstić information content (AvgIpc) is 1.64. The van der Waals surface area contributed by atoms with E-state index in [1.165, 1.54) is 18.2 Å². The van der Waals surface area contributed by atoms with Crippen LogP contribution in [-0.2, 0) is 14.4 Å². The van der Waals surface area contributed by atoms with E-state index in [1.807, 2.05) is 164 Å². The number of primary amides is 3. The number of nitrogens with zero attached hydrogens (tertiary/aromatic N) is 9. The number of likely N-dealkylation sites (tertiary alicyclic amines) is 3. The fourth-order valence-corrected chi connectivity index (χ4v) is 12.3. The Morgan fingerprint density at radius 2 is 0.643 bits per heavy atom. The highest BCUT2D eigenvalue weighted by Crippen LogP contribution is 2.39. The lowest BCUT2D eigenvalue weighted by Gasteiger charge is -2.32. The van der Waals surface area contributed by atoms with Gasteiger partial charge in [-0.15, -0.1) is 0 Å². The number of anilines is 3. The highest BCUT2D eigenvalue weighted by atomic mass is 16.5. The zero-order valence-electron chi connectivity index (χ0n) is 54.9. The molecular formula is C74H79N15O9. The first-order chi connectivity index (χ1) is 47.5. The summed E-state index contributed by atoms with van der Waals surface area (Å²) in [5, 5.41) is 23.5. The molecule has 6 heterocycles. The Morgan fingerprint density at radius 1 is 0.388 bits per heavy atom. The molecule has 9 N–H and O–H groups in total. The summed E-state index contributed by atoms with van der Waals surface area (Å²) in [7, 11) is 5.19. The first kappa shape index (κ1) is 68.6. The fraction of sp³-hybridized carbons (Fsp3) is 0.230. The lowest BCUT2D eigenvalue weighted by Crippen LogP contribution is -2.40. The molecule has 24 heteroatoms. The molecule has 0 aliphatic carbocycles. The molecule has 0 spiro atoms. The molecule has 3 fully saturated rings. The van der Waals surface area contributed by atoms with Gasteiger partial charge in [0.1, 0.15) is 85.7 Å². The smallest absolute Gasteiger partial charge is 0.254 e. The van der Waals surface area contributed by atoms with Crippen LogP contribution in [-0.4, -0.2) is 140 Å². The summed E-state index contributed by atoms with van der Waals surface area (Å²) in [6, 6.07) is 50.3. The third-order valence-corrected chi connectivity index (χ3v) is 17.0. The molecule has 3 aromatic heterocycles. The molecule has 98 heavy (non-hydrogen) atoms. The van der Waals surface area contributed by atoms with Gasteiger partial charge in [-0.3, -0.25) is 28.8 Å². The van der Waals surface area contributed by atoms with Crippen molar-refractivity contribution in [1.29, 1.82) is 0 Å². The Hall–Kier alpha value is -12.2. The minimum Gasteiger partial charge on any atom is -0.457 e. The van der Waals surface area contributed by atoms with Crippen molar-refractivity contribution in [3.8, 4) is 68.3 Å². The van der Waals surface area contributed by atoms with Crippen molar-refractivity contribution < 1.29 is 43.0 Å². The van der Waals surface area contributed by atoms with Gasteiger partial charge in [-0.2, -0.15) is 15.3 Å². The van der Waals surface area contributed by atoms with Gasteiger partial charge in [0, 0.05) is 77.1 Å². The maximum Gasteiger partial charge on any atom is 0.254 e. The number of hydrogen-bond acceptors (Lipinski definition) is 15. The Bertz CT molecular complexity index is 4140. The summed E-state index contributed by atoms with van der Waals surface area (Å²) in [4.78, 5) is 78.7. The van der Waals surface area contributed by atoms with Gasteiger partial charge in [-0.1, -0.05) is 74.3 Å². The van der Waals surface area contributed by atoms with E-state index < -0.39 is 17.7 Å². The van der Waals surface area contributed by atoms with Crippen molar-refractivity contribution in [2.24, 2.45) is 17.2 Å². The molecule has 9 aromatic rings. The standard InChI is InChI=1S/2C25H27N5O3.C24H25N5O3/c2*1-3-21(31)29-15-7-8-18(16-29)30-25(27-2)22(24(26)32)23(28-30)17-11-13-20(14-12-17)33-19-9-5-4-6-10-19;1-3-20(30)28-14-13-17(15-28)29-24(26-2)21(23(25)31)22(27-29)16-9-11-19(12-10-16)32-18-7-5-4-6-8-18/h2*3-6,9-14,18,27H,1,7-8,15-16H2,2H3,(H2,26,32);3-12,17,26H,1,13-15H2,2H3,(H2,25,31)/t18-;;/m1../s1. The summed E-state index contributed by atoms with van der Waals surface area (Å²) in [6.07, 6.45) is 8.01. The molecular weight excluding hydrogens is 1240 g/mol. The Balaban J connectivity index is 0.000000159. The maximum absolute atomic E-state index is 12.4. The summed E-state index contributed by atoms with van der Waals surface area (Å²) >= 11 is 0. The summed E-state index contributed by atoms with van der Waals surface area (Å²) in [5.74, 6) is 3.80. The molecule has 6 amide bonds. The van der Waals surface area contributed by atoms with Gasteiger partial charge in [0.05, 0.1) is 18.1 Å². The molecule has 6 aromatic carbocycles. The third kappa shape index (κ3) is 15.8. The molecule has 24 nitrogen and oxygen atoms in total. The van der Waals surface area contributed by atoms with Crippen molar-refractivity contribution in [2.75, 3.05) is 76.4 Å². The zero-order chi connectivity index (χ0) is 69.4. The molecule has 3 aliphatic rings. The maximum atomic E-state index is 12.4. The van der Waals surface area contributed by atoms with E-state index >= 15 is 0 Å². The van der Waals surface area contributed by atoms with E-state index in [4.69, 9.17) is 46.7 Å². The second kappa shape index (κ2) is 31.8. The first-order valence-corrected chi connectivity index (χ1v) is 32.1. The molecule has 2 unspecified atom stereocenters. The number of para-hydroxylation sites is 3. The number of benzene rings is 6. The molecule has 504 valence electrons. The van der Waals surface area contributed by atoms with Gasteiger partial charge in [0.15, 0.2) is 0 Å². The number of nitrogens with two attached hydrogens (primary N) is 3. The van der Waals surface area contributed by atoms with Gasteiger partial charge in [0.25, 0.3) is 17.7 Å². The molecule has 0 bridgehead atoms. The number of aromatic nitrogens is 6. The summed E-state index contributed by atoms with van der Waals surface area (Å²) in [5.41, 5.74) is 21.9. The number of rotatable bonds is 21. The van der Waals surface area contributed by atoms with Crippen LogP contribution < -0.4 is 47.4 Å². The van der Waals surface area contributed by atoms with Gasteiger partial charge >= 0.3 is 0 Å². The van der Waals surface area contributed by atoms with Crippen LogP contribution in [0.25, 0.3) is 33.8 Å². The third-order valence-electron chi connectivity index (χ3n) is 17.0. The fourth-order valence-electron chi connectivity index (χ4n) is 12.3. The predicted molar refractivity (Wildman–Crippen MR) is 377 cm³/mol. The van der Waals surface area contributed by atoms with Crippen LogP contribution in [0.5, 0.6) is 34.5 Å². The van der Waals surface area contributed by atoms with E-state index in [0.29, 0.717) is 108 Å². The molecule has 0 radical (unpaired) electrons. The van der Waals surface area contributed by atoms with E-state index in [9.17, 15) is 28.8 Å². The van der Waals surface area contributed by atoms with Crippen molar-refractivity contribution in [3.63, 3.8) is 0 Å². The van der Waals surface area contributed by atoms with Crippen molar-refractivity contribution >= 4 is 52.9 Å². The Morgan fingerprint density at radius 3 is 0.898 bits per heavy atom. The van der Waals surface area contributed by atoms with Crippen LogP contribution in [0.15, 0.2) is 202 Å². The monoisotopic (exact) mass is 1320 g/mol. The number of amides is 6. The summed E-state index contributed by atoms with van der Waals surface area (Å²) < 4.78 is 22.9. The van der Waals surface area contributed by atoms with Crippen LogP contribution in [0.2, 0.25) is 0 Å². The number of carbonyl (C=O) groups excluding carboxylic acids is 6. The van der Waals surface area contributed by atoms with Crippen LogP contribution in [0.3, 0.4) is 0 Å². The number of nitrogens with one attached hydrogen (secondary N) is 3. The van der Waals surface area contributed by atoms with Crippen molar-refractivity contribution in [2.45, 2.75) is 50.2 Å². The largest absolute Gasteiger partial charge is 0.457 e. The minimum atomic E-state index is -0.572. The van der Waals surface area contributed by atoms with Crippen LogP contribution in [0.4, 0.5) is 17.5 Å². The Labute approximate surface area is 567 Å². The van der Waals surface area contributed by atoms with Crippen LogP contribution in [0.1, 0.15) is 81.3 Å². The van der Waals surface area contributed by atoms with E-state index in [-0.39, 0.29) is 35.8 Å². The van der Waals surface area contributed by atoms with Gasteiger partial charge in [0.2, 0.25) is 17.7 Å². The first-order valence-electron chi connectivity index (χ1n) is 32.1. The molecule has 12 rings (SSSR count). The Kier molecular flexibility index (Phi) is 22.3. The van der Waals surface area contributed by atoms with Gasteiger partial charge in [-0.25, -0.2) is 14.0 Å². The number of carbonyl (C=O) groups is 6. The van der Waals surface area contributed by atoms with Crippen LogP contribution >= 0.6 is 0 Å². The van der Waals surface area contributed by atoms with Gasteiger partial charge in [-0.05, 0) is 160 Å². The normalized spacial score (nSPS) is 15.6. The minimum absolute atomic E-state index is 0.0751. The SMILES string of the molecule is C=CC(=O)N1CCC(n2nc(-c3ccc(Oc4ccccc4)cc3)c(C(N)=O)c2NC)C1.C=CC(=O)N1CCCC(n2nc(-c3ccc(Oc4ccccc4)cc3)c(C(N)=O)c2NC)C1.C=CC(=O)N1CCC[C@@H](n2nc(-c3ccc(Oc4ccccc4)cc3)c(C(N)=O)c2NC)C1. The molecule has 3 saturated heterocycles. The highest BCUT2D eigenvalue weighted by Gasteiger charge is 2.35. The predicted octanol–water partition coefficient (Wildman–Crippen LogP) is 11.1. The molecule has 0 saturated carbocycles. The highest BCUT2D eigenvalue weighted by molar-refractivity contribution is 6.05. The van der Waals surface area contributed by atoms with E-state index in [1.54, 1.807) is 49.9 Å².